The van der Waals surface area contributed by atoms with Crippen molar-refractivity contribution >= 4 is 22.8 Å². The van der Waals surface area contributed by atoms with Crippen molar-refractivity contribution in [1.82, 2.24) is 10.2 Å². The Morgan fingerprint density at radius 2 is 2.05 bits per heavy atom. The van der Waals surface area contributed by atoms with Crippen LogP contribution in [0.1, 0.15) is 53.4 Å². The predicted octanol–water partition coefficient (Wildman–Crippen LogP) is 2.88. The summed E-state index contributed by atoms with van der Waals surface area (Å²) in [6, 6.07) is -0.280. The molecule has 1 amide bonds. The van der Waals surface area contributed by atoms with Crippen LogP contribution in [0.2, 0.25) is 0 Å². The molecule has 21 heavy (non-hydrogen) atoms. The fourth-order valence-electron chi connectivity index (χ4n) is 3.19. The number of likely N-dealkylation sites (N-methyl/N-ethyl adjacent to an activating group) is 1. The van der Waals surface area contributed by atoms with Crippen LogP contribution in [-0.2, 0) is 4.79 Å². The minimum atomic E-state index is -0.280. The molecule has 0 aromatic carbocycles. The van der Waals surface area contributed by atoms with Crippen LogP contribution >= 0.6 is 11.8 Å². The van der Waals surface area contributed by atoms with Gasteiger partial charge in [-0.15, -0.1) is 0 Å². The molecule has 1 unspecified atom stereocenters. The topological polar surface area (TPSA) is 44.7 Å². The lowest BCUT2D eigenvalue weighted by atomic mass is 9.78. The maximum atomic E-state index is 12.3. The highest BCUT2D eigenvalue weighted by atomic mass is 32.2. The van der Waals surface area contributed by atoms with Crippen LogP contribution in [0.15, 0.2) is 4.99 Å². The Morgan fingerprint density at radius 1 is 1.43 bits per heavy atom. The molecule has 1 N–H and O–H groups in total. The zero-order valence-electron chi connectivity index (χ0n) is 13.8. The SMILES string of the molecule is CCN(CC)C(=O)C(C)N=C1NC2(CCC(C)CC2)CS1. The summed E-state index contributed by atoms with van der Waals surface area (Å²) in [4.78, 5) is 18.8. The van der Waals surface area contributed by atoms with Crippen molar-refractivity contribution in [3.8, 4) is 0 Å². The van der Waals surface area contributed by atoms with E-state index in [1.807, 2.05) is 25.7 Å². The molecule has 2 aliphatic rings. The number of hydrogen-bond acceptors (Lipinski definition) is 3. The quantitative estimate of drug-likeness (QED) is 0.868. The summed E-state index contributed by atoms with van der Waals surface area (Å²) in [7, 11) is 0. The number of carbonyl (C=O) groups is 1. The molecule has 2 rings (SSSR count). The van der Waals surface area contributed by atoms with Crippen LogP contribution in [0.25, 0.3) is 0 Å². The van der Waals surface area contributed by atoms with Gasteiger partial charge in [0, 0.05) is 24.4 Å². The highest BCUT2D eigenvalue weighted by Gasteiger charge is 2.39. The third-order valence-corrected chi connectivity index (χ3v) is 6.01. The fourth-order valence-corrected chi connectivity index (χ4v) is 4.48. The Kier molecular flexibility index (Phi) is 5.58. The molecule has 0 aromatic rings. The Balaban J connectivity index is 1.95. The van der Waals surface area contributed by atoms with Crippen molar-refractivity contribution in [2.24, 2.45) is 10.9 Å². The van der Waals surface area contributed by atoms with Gasteiger partial charge in [-0.25, -0.2) is 4.99 Å². The molecule has 1 spiro atoms. The van der Waals surface area contributed by atoms with Crippen LogP contribution in [0.5, 0.6) is 0 Å². The monoisotopic (exact) mass is 311 g/mol. The Bertz CT molecular complexity index is 398. The summed E-state index contributed by atoms with van der Waals surface area (Å²) in [5.74, 6) is 2.09. The lowest BCUT2D eigenvalue weighted by Crippen LogP contribution is -2.46. The molecule has 5 heteroatoms. The average molecular weight is 311 g/mol. The van der Waals surface area contributed by atoms with Gasteiger partial charge in [-0.05, 0) is 52.4 Å². The van der Waals surface area contributed by atoms with Gasteiger partial charge >= 0.3 is 0 Å². The van der Waals surface area contributed by atoms with E-state index in [0.717, 1.165) is 29.9 Å². The van der Waals surface area contributed by atoms with E-state index in [1.165, 1.54) is 25.7 Å². The highest BCUT2D eigenvalue weighted by molar-refractivity contribution is 8.14. The molecule has 2 fully saturated rings. The number of thioether (sulfide) groups is 1. The number of nitrogens with one attached hydrogen (secondary N) is 1. The molecule has 1 saturated carbocycles. The van der Waals surface area contributed by atoms with Crippen molar-refractivity contribution in [1.29, 1.82) is 0 Å². The number of carbonyl (C=O) groups excluding carboxylic acids is 1. The molecule has 1 atom stereocenters. The first-order chi connectivity index (χ1) is 9.99. The van der Waals surface area contributed by atoms with E-state index >= 15 is 0 Å². The summed E-state index contributed by atoms with van der Waals surface area (Å²) in [6.07, 6.45) is 5.07. The van der Waals surface area contributed by atoms with Gasteiger partial charge in [0.2, 0.25) is 5.91 Å². The summed E-state index contributed by atoms with van der Waals surface area (Å²) < 4.78 is 0. The maximum Gasteiger partial charge on any atom is 0.247 e. The molecule has 1 aliphatic heterocycles. The molecule has 0 bridgehead atoms. The zero-order chi connectivity index (χ0) is 15.5. The van der Waals surface area contributed by atoms with E-state index in [0.29, 0.717) is 0 Å². The first-order valence-electron chi connectivity index (χ1n) is 8.27. The smallest absolute Gasteiger partial charge is 0.247 e. The maximum absolute atomic E-state index is 12.3. The number of nitrogens with zero attached hydrogens (tertiary/aromatic N) is 2. The van der Waals surface area contributed by atoms with Crippen molar-refractivity contribution in [3.63, 3.8) is 0 Å². The Hall–Kier alpha value is -0.710. The second-order valence-corrected chi connectivity index (χ2v) is 7.46. The number of amides is 1. The van der Waals surface area contributed by atoms with Gasteiger partial charge in [-0.3, -0.25) is 4.79 Å². The van der Waals surface area contributed by atoms with E-state index < -0.39 is 0 Å². The molecule has 1 heterocycles. The molecule has 0 radical (unpaired) electrons. The van der Waals surface area contributed by atoms with E-state index in [4.69, 9.17) is 0 Å². The van der Waals surface area contributed by atoms with Crippen LogP contribution < -0.4 is 5.32 Å². The molecule has 4 nitrogen and oxygen atoms in total. The first-order valence-corrected chi connectivity index (χ1v) is 9.26. The first kappa shape index (κ1) is 16.7. The zero-order valence-corrected chi connectivity index (χ0v) is 14.6. The highest BCUT2D eigenvalue weighted by Crippen LogP contribution is 2.38. The van der Waals surface area contributed by atoms with Crippen molar-refractivity contribution < 1.29 is 4.79 Å². The number of rotatable bonds is 4. The normalized spacial score (nSPS) is 32.2. The molecule has 1 saturated heterocycles. The van der Waals surface area contributed by atoms with Crippen LogP contribution in [-0.4, -0.2) is 46.4 Å². The molecule has 120 valence electrons. The van der Waals surface area contributed by atoms with Gasteiger partial charge in [-0.2, -0.15) is 0 Å². The lowest BCUT2D eigenvalue weighted by Gasteiger charge is -2.35. The number of aliphatic imine (C=N–C) groups is 1. The summed E-state index contributed by atoms with van der Waals surface area (Å²) in [6.45, 7) is 9.79. The number of amidine groups is 1. The van der Waals surface area contributed by atoms with Crippen molar-refractivity contribution in [2.75, 3.05) is 18.8 Å². The molecule has 1 aliphatic carbocycles. The third kappa shape index (κ3) is 3.93. The van der Waals surface area contributed by atoms with Crippen LogP contribution in [0, 0.1) is 5.92 Å². The van der Waals surface area contributed by atoms with E-state index in [1.54, 1.807) is 11.8 Å². The predicted molar refractivity (Wildman–Crippen MR) is 90.8 cm³/mol. The Morgan fingerprint density at radius 3 is 2.62 bits per heavy atom. The van der Waals surface area contributed by atoms with Crippen LogP contribution in [0.4, 0.5) is 0 Å². The molecular formula is C16H29N3OS. The van der Waals surface area contributed by atoms with Gasteiger partial charge in [0.05, 0.1) is 0 Å². The summed E-state index contributed by atoms with van der Waals surface area (Å²) in [5, 5.41) is 4.60. The number of hydrogen-bond donors (Lipinski definition) is 1. The van der Waals surface area contributed by atoms with E-state index in [-0.39, 0.29) is 17.5 Å². The van der Waals surface area contributed by atoms with Gasteiger partial charge in [-0.1, -0.05) is 18.7 Å². The van der Waals surface area contributed by atoms with Gasteiger partial charge in [0.15, 0.2) is 5.17 Å². The minimum Gasteiger partial charge on any atom is -0.359 e. The molecular weight excluding hydrogens is 282 g/mol. The summed E-state index contributed by atoms with van der Waals surface area (Å²) in [5.41, 5.74) is 0.244. The second kappa shape index (κ2) is 7.03. The van der Waals surface area contributed by atoms with Gasteiger partial charge in [0.1, 0.15) is 6.04 Å². The second-order valence-electron chi connectivity index (χ2n) is 6.50. The standard InChI is InChI=1S/C16H29N3OS/c1-5-19(6-2)14(20)13(4)17-15-18-16(11-21-15)9-7-12(3)8-10-16/h12-13H,5-11H2,1-4H3,(H,17,18). The largest absolute Gasteiger partial charge is 0.359 e. The van der Waals surface area contributed by atoms with Crippen molar-refractivity contribution in [2.45, 2.75) is 65.0 Å². The van der Waals surface area contributed by atoms with E-state index in [9.17, 15) is 4.79 Å². The van der Waals surface area contributed by atoms with Crippen molar-refractivity contribution in [3.05, 3.63) is 0 Å². The average Bonchev–Trinajstić information content (AvgIpc) is 2.86. The van der Waals surface area contributed by atoms with Crippen LogP contribution in [0.3, 0.4) is 0 Å². The Labute approximate surface area is 133 Å². The minimum absolute atomic E-state index is 0.133. The lowest BCUT2D eigenvalue weighted by molar-refractivity contribution is -0.131. The molecule has 0 aromatic heterocycles. The van der Waals surface area contributed by atoms with Gasteiger partial charge in [0.25, 0.3) is 0 Å². The van der Waals surface area contributed by atoms with Gasteiger partial charge < -0.3 is 10.2 Å². The third-order valence-electron chi connectivity index (χ3n) is 4.83. The van der Waals surface area contributed by atoms with E-state index in [2.05, 4.69) is 17.2 Å². The summed E-state index contributed by atoms with van der Waals surface area (Å²) >= 11 is 1.79. The fraction of sp³-hybridized carbons (Fsp3) is 0.875.